The van der Waals surface area contributed by atoms with Gasteiger partial charge in [-0.2, -0.15) is 0 Å². The Morgan fingerprint density at radius 1 is 1.19 bits per heavy atom. The first-order valence-corrected chi connectivity index (χ1v) is 8.42. The quantitative estimate of drug-likeness (QED) is 0.579. The van der Waals surface area contributed by atoms with Gasteiger partial charge in [-0.3, -0.25) is 4.79 Å². The minimum atomic E-state index is -0.146. The van der Waals surface area contributed by atoms with Crippen LogP contribution < -0.4 is 5.32 Å². The highest BCUT2D eigenvalue weighted by molar-refractivity contribution is 6.04. The molecule has 0 unspecified atom stereocenters. The van der Waals surface area contributed by atoms with Crippen molar-refractivity contribution in [2.45, 2.75) is 13.3 Å². The summed E-state index contributed by atoms with van der Waals surface area (Å²) in [7, 11) is 0. The molecule has 4 aromatic rings. The summed E-state index contributed by atoms with van der Waals surface area (Å²) in [6.07, 6.45) is 5.55. The van der Waals surface area contributed by atoms with Crippen LogP contribution in [0.5, 0.6) is 0 Å². The molecule has 130 valence electrons. The summed E-state index contributed by atoms with van der Waals surface area (Å²) in [5.74, 6) is 0.480. The maximum atomic E-state index is 12.6. The van der Waals surface area contributed by atoms with Gasteiger partial charge in [0.05, 0.1) is 22.9 Å². The summed E-state index contributed by atoms with van der Waals surface area (Å²) < 4.78 is 5.09. The lowest BCUT2D eigenvalue weighted by molar-refractivity contribution is 0.0955. The molecule has 0 aliphatic rings. The van der Waals surface area contributed by atoms with Crippen LogP contribution >= 0.6 is 0 Å². The second-order valence-corrected chi connectivity index (χ2v) is 6.15. The second-order valence-electron chi connectivity index (χ2n) is 6.15. The Morgan fingerprint density at radius 3 is 2.81 bits per heavy atom. The van der Waals surface area contributed by atoms with Gasteiger partial charge in [-0.1, -0.05) is 29.8 Å². The molecule has 3 aromatic heterocycles. The van der Waals surface area contributed by atoms with Crippen molar-refractivity contribution < 1.29 is 9.21 Å². The van der Waals surface area contributed by atoms with Gasteiger partial charge in [0.25, 0.3) is 5.91 Å². The topological polar surface area (TPSA) is 83.8 Å². The van der Waals surface area contributed by atoms with Gasteiger partial charge in [-0.05, 0) is 31.0 Å². The number of aromatic nitrogens is 3. The number of nitrogens with one attached hydrogen (secondary N) is 2. The van der Waals surface area contributed by atoms with Crippen molar-refractivity contribution in [2.24, 2.45) is 0 Å². The first-order valence-electron chi connectivity index (χ1n) is 8.42. The van der Waals surface area contributed by atoms with E-state index in [9.17, 15) is 4.79 Å². The number of imidazole rings is 1. The maximum absolute atomic E-state index is 12.6. The van der Waals surface area contributed by atoms with Gasteiger partial charge in [0.1, 0.15) is 12.1 Å². The Bertz CT molecular complexity index is 1030. The molecule has 0 saturated heterocycles. The number of rotatable bonds is 5. The number of aryl methyl sites for hydroxylation is 1. The normalized spacial score (nSPS) is 11.0. The number of nitrogens with zero attached hydrogens (tertiary/aromatic N) is 2. The van der Waals surface area contributed by atoms with E-state index >= 15 is 0 Å². The Kier molecular flexibility index (Phi) is 4.23. The van der Waals surface area contributed by atoms with Gasteiger partial charge in [0.2, 0.25) is 0 Å². The number of benzene rings is 1. The van der Waals surface area contributed by atoms with Crippen molar-refractivity contribution in [3.05, 3.63) is 71.8 Å². The molecule has 6 heteroatoms. The third-order valence-corrected chi connectivity index (χ3v) is 4.25. The summed E-state index contributed by atoms with van der Waals surface area (Å²) >= 11 is 0. The number of aromatic amines is 1. The van der Waals surface area contributed by atoms with Crippen LogP contribution in [0.1, 0.15) is 21.5 Å². The standard InChI is InChI=1S/C20H18N4O2/c1-13-2-4-14(5-3-13)6-9-22-20(25)16-7-10-21-19-17(16)23-18(24-19)15-8-11-26-12-15/h2-5,7-8,10-12H,6,9H2,1H3,(H,22,25)(H,21,23,24). The molecule has 2 N–H and O–H groups in total. The second kappa shape index (κ2) is 6.84. The number of amides is 1. The zero-order valence-electron chi connectivity index (χ0n) is 14.3. The van der Waals surface area contributed by atoms with Gasteiger partial charge >= 0.3 is 0 Å². The van der Waals surface area contributed by atoms with E-state index in [0.717, 1.165) is 12.0 Å². The Morgan fingerprint density at radius 2 is 2.04 bits per heavy atom. The van der Waals surface area contributed by atoms with Gasteiger partial charge in [0.15, 0.2) is 5.65 Å². The number of fused-ring (bicyclic) bond motifs is 1. The summed E-state index contributed by atoms with van der Waals surface area (Å²) in [4.78, 5) is 24.4. The largest absolute Gasteiger partial charge is 0.472 e. The molecule has 26 heavy (non-hydrogen) atoms. The lowest BCUT2D eigenvalue weighted by Gasteiger charge is -2.06. The van der Waals surface area contributed by atoms with E-state index in [4.69, 9.17) is 4.42 Å². The van der Waals surface area contributed by atoms with E-state index in [0.29, 0.717) is 29.1 Å². The van der Waals surface area contributed by atoms with Gasteiger partial charge < -0.3 is 14.7 Å². The average molecular weight is 346 g/mol. The fourth-order valence-electron chi connectivity index (χ4n) is 2.81. The van der Waals surface area contributed by atoms with Crippen LogP contribution in [0.4, 0.5) is 0 Å². The van der Waals surface area contributed by atoms with Crippen LogP contribution in [0.2, 0.25) is 0 Å². The Balaban J connectivity index is 1.50. The Labute approximate surface area is 150 Å². The number of pyridine rings is 1. The molecular formula is C20H18N4O2. The molecule has 0 bridgehead atoms. The predicted octanol–water partition coefficient (Wildman–Crippen LogP) is 3.50. The zero-order chi connectivity index (χ0) is 17.9. The van der Waals surface area contributed by atoms with E-state index in [1.54, 1.807) is 30.9 Å². The number of hydrogen-bond acceptors (Lipinski definition) is 4. The van der Waals surface area contributed by atoms with Crippen molar-refractivity contribution in [3.8, 4) is 11.4 Å². The van der Waals surface area contributed by atoms with Crippen LogP contribution in [0.3, 0.4) is 0 Å². The number of H-pyrrole nitrogens is 1. The highest BCUT2D eigenvalue weighted by Gasteiger charge is 2.15. The molecule has 6 nitrogen and oxygen atoms in total. The molecule has 0 aliphatic heterocycles. The van der Waals surface area contributed by atoms with Crippen molar-refractivity contribution in [3.63, 3.8) is 0 Å². The molecule has 0 radical (unpaired) electrons. The monoisotopic (exact) mass is 346 g/mol. The zero-order valence-corrected chi connectivity index (χ0v) is 14.3. The molecule has 0 spiro atoms. The van der Waals surface area contributed by atoms with Gasteiger partial charge in [-0.25, -0.2) is 9.97 Å². The first kappa shape index (κ1) is 16.1. The fourth-order valence-corrected chi connectivity index (χ4v) is 2.81. The minimum Gasteiger partial charge on any atom is -0.472 e. The SMILES string of the molecule is Cc1ccc(CCNC(=O)c2ccnc3nc(-c4ccoc4)[nH]c23)cc1. The van der Waals surface area contributed by atoms with Crippen molar-refractivity contribution >= 4 is 17.1 Å². The predicted molar refractivity (Wildman–Crippen MR) is 98.8 cm³/mol. The fraction of sp³-hybridized carbons (Fsp3) is 0.150. The van der Waals surface area contributed by atoms with Gasteiger partial charge in [-0.15, -0.1) is 0 Å². The summed E-state index contributed by atoms with van der Waals surface area (Å²) in [6, 6.07) is 11.8. The van der Waals surface area contributed by atoms with E-state index in [1.165, 1.54) is 11.1 Å². The molecular weight excluding hydrogens is 328 g/mol. The maximum Gasteiger partial charge on any atom is 0.253 e. The molecule has 0 atom stereocenters. The number of carbonyl (C=O) groups is 1. The van der Waals surface area contributed by atoms with Crippen LogP contribution in [0.25, 0.3) is 22.6 Å². The van der Waals surface area contributed by atoms with Crippen molar-refractivity contribution in [2.75, 3.05) is 6.54 Å². The van der Waals surface area contributed by atoms with E-state index in [1.807, 2.05) is 0 Å². The summed E-state index contributed by atoms with van der Waals surface area (Å²) in [6.45, 7) is 2.62. The van der Waals surface area contributed by atoms with E-state index in [2.05, 4.69) is 51.5 Å². The molecule has 0 aliphatic carbocycles. The highest BCUT2D eigenvalue weighted by atomic mass is 16.3. The Hall–Kier alpha value is -3.41. The number of carbonyl (C=O) groups excluding carboxylic acids is 1. The lowest BCUT2D eigenvalue weighted by Crippen LogP contribution is -2.26. The average Bonchev–Trinajstić information content (AvgIpc) is 3.32. The molecule has 1 aromatic carbocycles. The van der Waals surface area contributed by atoms with Crippen molar-refractivity contribution in [1.29, 1.82) is 0 Å². The lowest BCUT2D eigenvalue weighted by atomic mass is 10.1. The third-order valence-electron chi connectivity index (χ3n) is 4.25. The van der Waals surface area contributed by atoms with E-state index in [-0.39, 0.29) is 5.91 Å². The van der Waals surface area contributed by atoms with Gasteiger partial charge in [0, 0.05) is 12.7 Å². The van der Waals surface area contributed by atoms with E-state index < -0.39 is 0 Å². The third kappa shape index (κ3) is 3.21. The molecule has 0 fully saturated rings. The van der Waals surface area contributed by atoms with Crippen molar-refractivity contribution in [1.82, 2.24) is 20.3 Å². The van der Waals surface area contributed by atoms with Crippen LogP contribution in [-0.4, -0.2) is 27.4 Å². The first-order chi connectivity index (χ1) is 12.7. The molecule has 1 amide bonds. The molecule has 3 heterocycles. The van der Waals surface area contributed by atoms with Crippen LogP contribution in [-0.2, 0) is 6.42 Å². The van der Waals surface area contributed by atoms with Crippen LogP contribution in [0, 0.1) is 6.92 Å². The summed E-state index contributed by atoms with van der Waals surface area (Å²) in [5, 5.41) is 2.97. The smallest absolute Gasteiger partial charge is 0.253 e. The highest BCUT2D eigenvalue weighted by Crippen LogP contribution is 2.21. The molecule has 0 saturated carbocycles. The molecule has 4 rings (SSSR count). The number of hydrogen-bond donors (Lipinski definition) is 2. The summed E-state index contributed by atoms with van der Waals surface area (Å²) in [5.41, 5.74) is 4.89. The minimum absolute atomic E-state index is 0.146. The van der Waals surface area contributed by atoms with Crippen LogP contribution in [0.15, 0.2) is 59.5 Å². The number of furan rings is 1.